The number of hydrogen-bond donors (Lipinski definition) is 0. The van der Waals surface area contributed by atoms with Crippen LogP contribution in [-0.4, -0.2) is 25.9 Å². The normalized spacial score (nSPS) is 11.8. The average Bonchev–Trinajstić information content (AvgIpc) is 2.28. The van der Waals surface area contributed by atoms with Crippen LogP contribution in [0, 0.1) is 0 Å². The minimum atomic E-state index is 0.268. The van der Waals surface area contributed by atoms with Crippen molar-refractivity contribution in [2.24, 2.45) is 14.1 Å². The van der Waals surface area contributed by atoms with E-state index >= 15 is 0 Å². The molecule has 0 bridgehead atoms. The predicted octanol–water partition coefficient (Wildman–Crippen LogP) is 0.0167. The topological polar surface area (TPSA) is 8.81 Å². The summed E-state index contributed by atoms with van der Waals surface area (Å²) in [6.07, 6.45) is 4.18. The standard InChI is InChI=1S/C9H17BN2Se/c1-9(2,3)10(13)8-11(4)6-7-12(8)5/h6-7H,1-5H3. The predicted molar refractivity (Wildman–Crippen MR) is 57.4 cm³/mol. The van der Waals surface area contributed by atoms with E-state index in [9.17, 15) is 0 Å². The van der Waals surface area contributed by atoms with Crippen LogP contribution >= 0.6 is 0 Å². The van der Waals surface area contributed by atoms with Crippen LogP contribution in [0.15, 0.2) is 12.4 Å². The van der Waals surface area contributed by atoms with Gasteiger partial charge in [0.25, 0.3) is 0 Å². The second-order valence-electron chi connectivity index (χ2n) is 4.62. The van der Waals surface area contributed by atoms with E-state index in [0.717, 1.165) is 0 Å². The molecular weight excluding hydrogens is 226 g/mol. The van der Waals surface area contributed by atoms with Crippen molar-refractivity contribution < 1.29 is 4.57 Å². The summed E-state index contributed by atoms with van der Waals surface area (Å²) in [5.41, 5.74) is 1.77. The van der Waals surface area contributed by atoms with Gasteiger partial charge in [-0.2, -0.15) is 0 Å². The second-order valence-corrected chi connectivity index (χ2v) is 5.61. The van der Waals surface area contributed by atoms with Crippen LogP contribution in [0.5, 0.6) is 0 Å². The van der Waals surface area contributed by atoms with Crippen molar-refractivity contribution in [2.75, 3.05) is 0 Å². The molecule has 0 aromatic carbocycles. The molecule has 13 heavy (non-hydrogen) atoms. The fourth-order valence-corrected chi connectivity index (χ4v) is 2.06. The van der Waals surface area contributed by atoms with Gasteiger partial charge in [0.15, 0.2) is 0 Å². The third kappa shape index (κ3) is 2.18. The van der Waals surface area contributed by atoms with E-state index in [1.165, 1.54) is 5.72 Å². The maximum absolute atomic E-state index is 3.26. The van der Waals surface area contributed by atoms with Gasteiger partial charge in [-0.1, -0.05) is 0 Å². The number of aromatic nitrogens is 2. The van der Waals surface area contributed by atoms with Gasteiger partial charge in [-0.15, -0.1) is 0 Å². The van der Waals surface area contributed by atoms with Crippen molar-refractivity contribution >= 4 is 27.1 Å². The Bertz CT molecular complexity index is 282. The van der Waals surface area contributed by atoms with Gasteiger partial charge in [0, 0.05) is 0 Å². The Morgan fingerprint density at radius 1 is 1.46 bits per heavy atom. The Kier molecular flexibility index (Phi) is 2.93. The molecule has 4 heteroatoms. The molecule has 2 nitrogen and oxygen atoms in total. The van der Waals surface area contributed by atoms with Gasteiger partial charge in [0.2, 0.25) is 0 Å². The molecule has 1 aromatic heterocycles. The summed E-state index contributed by atoms with van der Waals surface area (Å²) < 4.78 is 4.35. The number of aryl methyl sites for hydroxylation is 2. The van der Waals surface area contributed by atoms with Gasteiger partial charge in [0.1, 0.15) is 0 Å². The van der Waals surface area contributed by atoms with Gasteiger partial charge in [-0.3, -0.25) is 0 Å². The van der Waals surface area contributed by atoms with Crippen molar-refractivity contribution in [1.29, 1.82) is 0 Å². The van der Waals surface area contributed by atoms with Crippen LogP contribution in [0.3, 0.4) is 0 Å². The zero-order chi connectivity index (χ0) is 10.2. The van der Waals surface area contributed by atoms with E-state index in [1.54, 1.807) is 0 Å². The van der Waals surface area contributed by atoms with Crippen LogP contribution < -0.4 is 10.3 Å². The Morgan fingerprint density at radius 2 is 2.00 bits per heavy atom. The first-order valence-electron chi connectivity index (χ1n) is 4.50. The number of nitrogens with zero attached hydrogens (tertiary/aromatic N) is 2. The molecule has 0 radical (unpaired) electrons. The summed E-state index contributed by atoms with van der Waals surface area (Å²) in [5, 5.41) is 0.268. The van der Waals surface area contributed by atoms with E-state index < -0.39 is 0 Å². The molecule has 0 unspecified atom stereocenters. The summed E-state index contributed by atoms with van der Waals surface area (Å²) in [5.74, 6) is 0. The van der Waals surface area contributed by atoms with Crippen molar-refractivity contribution in [1.82, 2.24) is 4.57 Å². The van der Waals surface area contributed by atoms with Crippen LogP contribution in [-0.2, 0) is 14.1 Å². The van der Waals surface area contributed by atoms with E-state index in [0.29, 0.717) is 5.53 Å². The molecule has 0 aliphatic rings. The molecule has 0 spiro atoms. The molecule has 0 N–H and O–H groups in total. The fraction of sp³-hybridized carbons (Fsp3) is 0.667. The average molecular weight is 243 g/mol. The first-order chi connectivity index (χ1) is 5.84. The van der Waals surface area contributed by atoms with Gasteiger partial charge in [-0.05, 0) is 0 Å². The van der Waals surface area contributed by atoms with Crippen molar-refractivity contribution in [2.45, 2.75) is 26.1 Å². The number of hydrogen-bond acceptors (Lipinski definition) is 0. The Labute approximate surface area is 89.1 Å². The molecular formula is C9H17BN2Se. The summed E-state index contributed by atoms with van der Waals surface area (Å²) in [4.78, 5) is 0. The van der Waals surface area contributed by atoms with Crippen LogP contribution in [0.1, 0.15) is 20.8 Å². The van der Waals surface area contributed by atoms with Crippen LogP contribution in [0.25, 0.3) is 0 Å². The summed E-state index contributed by atoms with van der Waals surface area (Å²) in [6.45, 7) is 6.75. The Balaban J connectivity index is 3.08. The molecule has 0 aliphatic carbocycles. The number of rotatable bonds is 1. The molecule has 72 valence electrons. The van der Waals surface area contributed by atoms with E-state index in [1.807, 2.05) is 0 Å². The van der Waals surface area contributed by atoms with Crippen LogP contribution in [0.2, 0.25) is 5.31 Å². The third-order valence-corrected chi connectivity index (χ3v) is 4.18. The molecule has 0 saturated carbocycles. The summed E-state index contributed by atoms with van der Waals surface area (Å²) in [7, 11) is 4.18. The van der Waals surface area contributed by atoms with Crippen molar-refractivity contribution in [3.63, 3.8) is 0 Å². The molecule has 1 rings (SSSR count). The zero-order valence-corrected chi connectivity index (χ0v) is 10.7. The first kappa shape index (κ1) is 10.9. The van der Waals surface area contributed by atoms with Gasteiger partial charge in [0.05, 0.1) is 0 Å². The van der Waals surface area contributed by atoms with Crippen LogP contribution in [0.4, 0.5) is 0 Å². The monoisotopic (exact) mass is 244 g/mol. The Morgan fingerprint density at radius 3 is 2.31 bits per heavy atom. The van der Waals surface area contributed by atoms with Crippen molar-refractivity contribution in [3.8, 4) is 0 Å². The molecule has 1 heterocycles. The third-order valence-electron chi connectivity index (χ3n) is 2.26. The summed E-state index contributed by atoms with van der Waals surface area (Å²) in [6, 6.07) is 0. The SMILES string of the molecule is Cn1cc[n+](C)c1B([Se-])C(C)(C)C. The first-order valence-corrected chi connectivity index (χ1v) is 5.49. The summed E-state index contributed by atoms with van der Waals surface area (Å²) >= 11 is 3.26. The van der Waals surface area contributed by atoms with E-state index in [4.69, 9.17) is 0 Å². The molecule has 0 aliphatic heterocycles. The quantitative estimate of drug-likeness (QED) is 0.485. The molecule has 1 aromatic rings. The number of imidazole rings is 1. The molecule has 0 amide bonds. The Hall–Kier alpha value is -0.206. The van der Waals surface area contributed by atoms with Crippen molar-refractivity contribution in [3.05, 3.63) is 12.4 Å². The second kappa shape index (κ2) is 3.51. The maximum atomic E-state index is 3.26. The van der Waals surface area contributed by atoms with Gasteiger partial charge >= 0.3 is 88.8 Å². The minimum absolute atomic E-state index is 0.268. The fourth-order valence-electron chi connectivity index (χ4n) is 1.36. The zero-order valence-electron chi connectivity index (χ0n) is 9.03. The molecule has 0 saturated heterocycles. The van der Waals surface area contributed by atoms with E-state index in [2.05, 4.69) is 72.2 Å². The van der Waals surface area contributed by atoms with E-state index in [-0.39, 0.29) is 5.31 Å². The molecule has 0 fully saturated rings. The van der Waals surface area contributed by atoms with Gasteiger partial charge < -0.3 is 0 Å². The molecule has 0 atom stereocenters. The van der Waals surface area contributed by atoms with Gasteiger partial charge in [-0.25, -0.2) is 0 Å².